The van der Waals surface area contributed by atoms with Gasteiger partial charge in [0.05, 0.1) is 12.7 Å². The number of hydrogen-bond acceptors (Lipinski definition) is 3. The summed E-state index contributed by atoms with van der Waals surface area (Å²) in [6, 6.07) is 8.35. The molecule has 114 valence electrons. The summed E-state index contributed by atoms with van der Waals surface area (Å²) in [5, 5.41) is 12.6. The van der Waals surface area contributed by atoms with Gasteiger partial charge in [0.2, 0.25) is 0 Å². The van der Waals surface area contributed by atoms with Gasteiger partial charge in [0.1, 0.15) is 5.75 Å². The Labute approximate surface area is 123 Å². The quantitative estimate of drug-likeness (QED) is 0.767. The molecule has 0 bridgehead atoms. The van der Waals surface area contributed by atoms with E-state index in [0.717, 1.165) is 18.6 Å². The molecule has 1 rings (SSSR count). The first-order valence-corrected chi connectivity index (χ1v) is 7.50. The van der Waals surface area contributed by atoms with Gasteiger partial charge >= 0.3 is 0 Å². The van der Waals surface area contributed by atoms with Crippen molar-refractivity contribution in [3.63, 3.8) is 0 Å². The van der Waals surface area contributed by atoms with Crippen molar-refractivity contribution in [2.24, 2.45) is 0 Å². The standard InChI is InChI=1S/C17H29NO2/c1-6-13(2)15-7-9-16(10-8-15)20-14(3)11-17(4,12-19)18-5/h7-10,13-14,18-19H,6,11-12H2,1-5H3. The molecule has 0 aromatic heterocycles. The normalized spacial score (nSPS) is 17.3. The summed E-state index contributed by atoms with van der Waals surface area (Å²) in [5.41, 5.74) is 1.05. The Hall–Kier alpha value is -1.06. The maximum atomic E-state index is 9.41. The van der Waals surface area contributed by atoms with Crippen molar-refractivity contribution in [1.82, 2.24) is 5.32 Å². The second-order valence-electron chi connectivity index (χ2n) is 5.98. The third kappa shape index (κ3) is 4.80. The predicted molar refractivity (Wildman–Crippen MR) is 84.4 cm³/mol. The van der Waals surface area contributed by atoms with Crippen LogP contribution in [0.5, 0.6) is 5.75 Å². The van der Waals surface area contributed by atoms with Gasteiger partial charge in [0.15, 0.2) is 0 Å². The van der Waals surface area contributed by atoms with Gasteiger partial charge < -0.3 is 15.2 Å². The third-order valence-corrected chi connectivity index (χ3v) is 4.09. The summed E-state index contributed by atoms with van der Waals surface area (Å²) in [4.78, 5) is 0. The molecule has 0 aliphatic rings. The summed E-state index contributed by atoms with van der Waals surface area (Å²) in [6.45, 7) is 8.57. The molecule has 2 N–H and O–H groups in total. The van der Waals surface area contributed by atoms with Gasteiger partial charge in [-0.25, -0.2) is 0 Å². The van der Waals surface area contributed by atoms with E-state index in [-0.39, 0.29) is 18.2 Å². The molecule has 0 heterocycles. The van der Waals surface area contributed by atoms with Gasteiger partial charge in [-0.05, 0) is 50.9 Å². The highest BCUT2D eigenvalue weighted by Crippen LogP contribution is 2.23. The molecule has 1 aromatic rings. The van der Waals surface area contributed by atoms with Crippen LogP contribution in [0.3, 0.4) is 0 Å². The zero-order valence-corrected chi connectivity index (χ0v) is 13.4. The van der Waals surface area contributed by atoms with E-state index in [1.807, 2.05) is 33.0 Å². The van der Waals surface area contributed by atoms with Gasteiger partial charge in [-0.1, -0.05) is 26.0 Å². The zero-order valence-electron chi connectivity index (χ0n) is 13.4. The molecule has 0 saturated carbocycles. The summed E-state index contributed by atoms with van der Waals surface area (Å²) < 4.78 is 5.93. The van der Waals surface area contributed by atoms with Crippen molar-refractivity contribution in [3.05, 3.63) is 29.8 Å². The maximum Gasteiger partial charge on any atom is 0.119 e. The molecule has 0 saturated heterocycles. The monoisotopic (exact) mass is 279 g/mol. The van der Waals surface area contributed by atoms with Crippen LogP contribution in [-0.2, 0) is 0 Å². The molecule has 0 radical (unpaired) electrons. The Morgan fingerprint density at radius 1 is 1.25 bits per heavy atom. The summed E-state index contributed by atoms with van der Waals surface area (Å²) in [7, 11) is 1.86. The van der Waals surface area contributed by atoms with Crippen LogP contribution in [0.4, 0.5) is 0 Å². The number of hydrogen-bond donors (Lipinski definition) is 2. The lowest BCUT2D eigenvalue weighted by molar-refractivity contribution is 0.115. The minimum atomic E-state index is -0.296. The van der Waals surface area contributed by atoms with E-state index in [1.54, 1.807) is 0 Å². The van der Waals surface area contributed by atoms with Crippen LogP contribution in [0.2, 0.25) is 0 Å². The number of likely N-dealkylation sites (N-methyl/N-ethyl adjacent to an activating group) is 1. The van der Waals surface area contributed by atoms with Gasteiger partial charge in [0, 0.05) is 12.0 Å². The van der Waals surface area contributed by atoms with Crippen molar-refractivity contribution < 1.29 is 9.84 Å². The van der Waals surface area contributed by atoms with Crippen LogP contribution in [0.15, 0.2) is 24.3 Å². The van der Waals surface area contributed by atoms with Gasteiger partial charge in [-0.15, -0.1) is 0 Å². The first-order chi connectivity index (χ1) is 9.44. The van der Waals surface area contributed by atoms with E-state index in [2.05, 4.69) is 31.3 Å². The molecule has 0 amide bonds. The average molecular weight is 279 g/mol. The molecular formula is C17H29NO2. The van der Waals surface area contributed by atoms with Crippen molar-refractivity contribution in [2.45, 2.75) is 58.1 Å². The number of nitrogens with one attached hydrogen (secondary N) is 1. The van der Waals surface area contributed by atoms with Crippen LogP contribution < -0.4 is 10.1 Å². The Morgan fingerprint density at radius 3 is 2.30 bits per heavy atom. The van der Waals surface area contributed by atoms with Crippen molar-refractivity contribution in [1.29, 1.82) is 0 Å². The average Bonchev–Trinajstić information content (AvgIpc) is 2.46. The summed E-state index contributed by atoms with van der Waals surface area (Å²) in [6.07, 6.45) is 1.95. The zero-order chi connectivity index (χ0) is 15.2. The second kappa shape index (κ2) is 7.65. The molecule has 3 nitrogen and oxygen atoms in total. The number of ether oxygens (including phenoxy) is 1. The van der Waals surface area contributed by atoms with Crippen LogP contribution >= 0.6 is 0 Å². The number of aliphatic hydroxyl groups excluding tert-OH is 1. The lowest BCUT2D eigenvalue weighted by Gasteiger charge is -2.30. The second-order valence-corrected chi connectivity index (χ2v) is 5.98. The molecule has 0 aliphatic carbocycles. The molecule has 0 aliphatic heterocycles. The first-order valence-electron chi connectivity index (χ1n) is 7.50. The smallest absolute Gasteiger partial charge is 0.119 e. The number of rotatable bonds is 8. The first kappa shape index (κ1) is 17.0. The molecule has 20 heavy (non-hydrogen) atoms. The van der Waals surface area contributed by atoms with E-state index < -0.39 is 0 Å². The Morgan fingerprint density at radius 2 is 1.85 bits per heavy atom. The highest BCUT2D eigenvalue weighted by atomic mass is 16.5. The molecule has 1 aromatic carbocycles. The predicted octanol–water partition coefficient (Wildman–Crippen LogP) is 3.33. The highest BCUT2D eigenvalue weighted by Gasteiger charge is 2.24. The van der Waals surface area contributed by atoms with Crippen molar-refractivity contribution in [2.75, 3.05) is 13.7 Å². The van der Waals surface area contributed by atoms with Gasteiger partial charge in [-0.2, -0.15) is 0 Å². The van der Waals surface area contributed by atoms with E-state index in [1.165, 1.54) is 5.56 Å². The lowest BCUT2D eigenvalue weighted by Crippen LogP contribution is -2.46. The Kier molecular flexibility index (Phi) is 6.50. The van der Waals surface area contributed by atoms with Crippen LogP contribution in [0.1, 0.15) is 52.0 Å². The Balaban J connectivity index is 2.60. The van der Waals surface area contributed by atoms with E-state index in [4.69, 9.17) is 4.74 Å². The molecule has 0 fully saturated rings. The molecule has 0 spiro atoms. The summed E-state index contributed by atoms with van der Waals surface area (Å²) in [5.74, 6) is 1.48. The van der Waals surface area contributed by atoms with E-state index in [9.17, 15) is 5.11 Å². The maximum absolute atomic E-state index is 9.41. The van der Waals surface area contributed by atoms with Gasteiger partial charge in [-0.3, -0.25) is 0 Å². The molecular weight excluding hydrogens is 250 g/mol. The van der Waals surface area contributed by atoms with E-state index in [0.29, 0.717) is 5.92 Å². The van der Waals surface area contributed by atoms with Gasteiger partial charge in [0.25, 0.3) is 0 Å². The third-order valence-electron chi connectivity index (χ3n) is 4.09. The number of aliphatic hydroxyl groups is 1. The number of benzene rings is 1. The fraction of sp³-hybridized carbons (Fsp3) is 0.647. The largest absolute Gasteiger partial charge is 0.491 e. The highest BCUT2D eigenvalue weighted by molar-refractivity contribution is 5.29. The minimum absolute atomic E-state index is 0.0500. The fourth-order valence-corrected chi connectivity index (χ4v) is 2.26. The van der Waals surface area contributed by atoms with Crippen LogP contribution in [0, 0.1) is 0 Å². The van der Waals surface area contributed by atoms with Crippen molar-refractivity contribution >= 4 is 0 Å². The van der Waals surface area contributed by atoms with Crippen molar-refractivity contribution in [3.8, 4) is 5.75 Å². The Bertz CT molecular complexity index is 384. The summed E-state index contributed by atoms with van der Waals surface area (Å²) >= 11 is 0. The molecule has 3 atom stereocenters. The molecule has 3 heteroatoms. The lowest BCUT2D eigenvalue weighted by atomic mass is 9.96. The topological polar surface area (TPSA) is 41.5 Å². The minimum Gasteiger partial charge on any atom is -0.491 e. The fourth-order valence-electron chi connectivity index (χ4n) is 2.26. The SMILES string of the molecule is CCC(C)c1ccc(OC(C)CC(C)(CO)NC)cc1. The van der Waals surface area contributed by atoms with Crippen LogP contribution in [-0.4, -0.2) is 30.4 Å². The molecule has 3 unspecified atom stereocenters. The van der Waals surface area contributed by atoms with E-state index >= 15 is 0 Å². The van der Waals surface area contributed by atoms with Crippen LogP contribution in [0.25, 0.3) is 0 Å².